The lowest BCUT2D eigenvalue weighted by atomic mass is 9.91. The van der Waals surface area contributed by atoms with Crippen LogP contribution >= 0.6 is 0 Å². The van der Waals surface area contributed by atoms with Crippen molar-refractivity contribution in [1.82, 2.24) is 14.7 Å². The summed E-state index contributed by atoms with van der Waals surface area (Å²) in [6.45, 7) is 2.71. The van der Waals surface area contributed by atoms with Crippen molar-refractivity contribution in [2.24, 2.45) is 0 Å². The first-order valence-electron chi connectivity index (χ1n) is 8.87. The van der Waals surface area contributed by atoms with Gasteiger partial charge >= 0.3 is 17.5 Å². The van der Waals surface area contributed by atoms with Crippen molar-refractivity contribution in [3.63, 3.8) is 0 Å². The van der Waals surface area contributed by atoms with Crippen LogP contribution < -0.4 is 20.6 Å². The zero-order valence-corrected chi connectivity index (χ0v) is 16.5. The Morgan fingerprint density at radius 2 is 1.83 bits per heavy atom. The number of hydrogen-bond donors (Lipinski definition) is 5. The smallest absolute Gasteiger partial charge is 0.346 e. The first-order chi connectivity index (χ1) is 14.1. The molecule has 2 aromatic heterocycles. The molecule has 3 rings (SSSR count). The van der Waals surface area contributed by atoms with E-state index in [1.807, 2.05) is 0 Å². The van der Waals surface area contributed by atoms with Crippen molar-refractivity contribution >= 4 is 5.97 Å². The number of methoxy groups -OCH3 is 1. The maximum absolute atomic E-state index is 12.6. The SMILES string of the molecule is COc1ccc(C(c2c(O)[nH]c(=O)[nH]c2=O)c2n(O)c(C)c(C)[n+]2CC(=O)O)cc1. The predicted octanol–water partition coefficient (Wildman–Crippen LogP) is -0.0147. The summed E-state index contributed by atoms with van der Waals surface area (Å²) >= 11 is 0. The normalized spacial score (nSPS) is 12.0. The van der Waals surface area contributed by atoms with Gasteiger partial charge in [-0.25, -0.2) is 14.2 Å². The third-order valence-electron chi connectivity index (χ3n) is 4.99. The number of imidazole rings is 1. The lowest BCUT2D eigenvalue weighted by Crippen LogP contribution is -2.45. The molecule has 0 aliphatic carbocycles. The van der Waals surface area contributed by atoms with Crippen LogP contribution in [-0.4, -0.2) is 43.2 Å². The van der Waals surface area contributed by atoms with Crippen molar-refractivity contribution < 1.29 is 29.5 Å². The minimum Gasteiger partial charge on any atom is -0.497 e. The Hall–Kier alpha value is -4.02. The minimum atomic E-state index is -1.16. The molecule has 0 aliphatic heterocycles. The summed E-state index contributed by atoms with van der Waals surface area (Å²) in [4.78, 5) is 39.8. The van der Waals surface area contributed by atoms with Gasteiger partial charge in [0, 0.05) is 13.8 Å². The largest absolute Gasteiger partial charge is 0.497 e. The molecule has 0 saturated carbocycles. The summed E-state index contributed by atoms with van der Waals surface area (Å²) in [6.07, 6.45) is 0. The Labute approximate surface area is 169 Å². The van der Waals surface area contributed by atoms with Gasteiger partial charge in [-0.1, -0.05) is 12.1 Å². The van der Waals surface area contributed by atoms with Gasteiger partial charge in [0.1, 0.15) is 17.4 Å². The number of aromatic amines is 2. The van der Waals surface area contributed by atoms with Gasteiger partial charge in [-0.05, 0) is 22.4 Å². The molecule has 0 bridgehead atoms. The zero-order chi connectivity index (χ0) is 22.2. The number of carboxylic acid groups (broad SMARTS) is 1. The molecule has 5 N–H and O–H groups in total. The van der Waals surface area contributed by atoms with Crippen molar-refractivity contribution in [2.75, 3.05) is 7.11 Å². The summed E-state index contributed by atoms with van der Waals surface area (Å²) in [7, 11) is 1.48. The highest BCUT2D eigenvalue weighted by molar-refractivity contribution is 5.65. The molecule has 0 radical (unpaired) electrons. The molecule has 0 fully saturated rings. The summed E-state index contributed by atoms with van der Waals surface area (Å²) in [6, 6.07) is 6.45. The highest BCUT2D eigenvalue weighted by Crippen LogP contribution is 2.33. The number of nitrogens with zero attached hydrogens (tertiary/aromatic N) is 2. The van der Waals surface area contributed by atoms with Crippen molar-refractivity contribution in [2.45, 2.75) is 26.3 Å². The molecule has 0 aliphatic rings. The second kappa shape index (κ2) is 7.78. The molecule has 1 atom stereocenters. The van der Waals surface area contributed by atoms with E-state index in [-0.39, 0.29) is 11.4 Å². The molecule has 3 aromatic rings. The van der Waals surface area contributed by atoms with Crippen LogP contribution in [0.15, 0.2) is 33.9 Å². The van der Waals surface area contributed by atoms with Crippen LogP contribution in [0.3, 0.4) is 0 Å². The zero-order valence-electron chi connectivity index (χ0n) is 16.5. The Balaban J connectivity index is 2.40. The molecule has 0 saturated heterocycles. The second-order valence-electron chi connectivity index (χ2n) is 6.70. The fourth-order valence-corrected chi connectivity index (χ4v) is 3.41. The third-order valence-corrected chi connectivity index (χ3v) is 4.99. The molecular formula is C19H21N4O7+. The average molecular weight is 417 g/mol. The van der Waals surface area contributed by atoms with Crippen LogP contribution in [0.4, 0.5) is 0 Å². The maximum atomic E-state index is 12.6. The van der Waals surface area contributed by atoms with Crippen LogP contribution in [0.1, 0.15) is 34.3 Å². The summed E-state index contributed by atoms with van der Waals surface area (Å²) in [5, 5.41) is 30.5. The molecule has 158 valence electrons. The molecule has 0 spiro atoms. The highest BCUT2D eigenvalue weighted by Gasteiger charge is 2.39. The second-order valence-corrected chi connectivity index (χ2v) is 6.70. The van der Waals surface area contributed by atoms with Gasteiger partial charge in [0.25, 0.3) is 5.56 Å². The summed E-state index contributed by atoms with van der Waals surface area (Å²) in [5.41, 5.74) is -0.795. The standard InChI is InChI=1S/C19H20N4O7/c1-9-10(2)23(29)18(22(9)8-13(24)25)14(11-4-6-12(30-3)7-5-11)15-16(26)20-19(28)21-17(15)27/h4-7,14H,8H2,1-3H3,(H4-,20,21,24,25,26,27,28,29)/p+1. The van der Waals surface area contributed by atoms with E-state index in [1.165, 1.54) is 11.7 Å². The van der Waals surface area contributed by atoms with Crippen LogP contribution in [0.25, 0.3) is 0 Å². The predicted molar refractivity (Wildman–Crippen MR) is 102 cm³/mol. The number of carbonyl (C=O) groups is 1. The number of benzene rings is 1. The first-order valence-corrected chi connectivity index (χ1v) is 8.87. The van der Waals surface area contributed by atoms with Gasteiger partial charge in [-0.2, -0.15) is 0 Å². The Morgan fingerprint density at radius 3 is 2.37 bits per heavy atom. The van der Waals surface area contributed by atoms with Crippen molar-refractivity contribution in [3.05, 3.63) is 73.4 Å². The van der Waals surface area contributed by atoms with Crippen molar-refractivity contribution in [1.29, 1.82) is 0 Å². The minimum absolute atomic E-state index is 0.0189. The molecule has 11 nitrogen and oxygen atoms in total. The van der Waals surface area contributed by atoms with E-state index in [1.54, 1.807) is 38.1 Å². The van der Waals surface area contributed by atoms with E-state index < -0.39 is 35.6 Å². The van der Waals surface area contributed by atoms with Gasteiger partial charge in [0.2, 0.25) is 5.88 Å². The lowest BCUT2D eigenvalue weighted by molar-refractivity contribution is -0.700. The summed E-state index contributed by atoms with van der Waals surface area (Å²) in [5.74, 6) is -2.42. The number of aliphatic carboxylic acids is 1. The monoisotopic (exact) mass is 417 g/mol. The van der Waals surface area contributed by atoms with Gasteiger partial charge in [0.15, 0.2) is 12.2 Å². The number of hydrogen-bond acceptors (Lipinski definition) is 6. The van der Waals surface area contributed by atoms with Gasteiger partial charge in [0.05, 0.1) is 12.7 Å². The topological polar surface area (TPSA) is 162 Å². The van der Waals surface area contributed by atoms with Gasteiger partial charge in [-0.3, -0.25) is 14.8 Å². The lowest BCUT2D eigenvalue weighted by Gasteiger charge is -2.16. The number of carboxylic acids is 1. The number of aromatic nitrogens is 4. The third kappa shape index (κ3) is 3.52. The van der Waals surface area contributed by atoms with E-state index in [9.17, 15) is 29.8 Å². The van der Waals surface area contributed by atoms with Crippen LogP contribution in [0, 0.1) is 13.8 Å². The number of ether oxygens (including phenoxy) is 1. The first kappa shape index (κ1) is 20.7. The van der Waals surface area contributed by atoms with E-state index in [0.29, 0.717) is 22.7 Å². The highest BCUT2D eigenvalue weighted by atomic mass is 16.5. The van der Waals surface area contributed by atoms with Crippen LogP contribution in [0.2, 0.25) is 0 Å². The van der Waals surface area contributed by atoms with Crippen LogP contribution in [0.5, 0.6) is 11.6 Å². The molecule has 30 heavy (non-hydrogen) atoms. The fraction of sp³-hybridized carbons (Fsp3) is 0.263. The molecule has 1 aromatic carbocycles. The quantitative estimate of drug-likeness (QED) is 0.278. The van der Waals surface area contributed by atoms with E-state index in [0.717, 1.165) is 4.73 Å². The number of nitrogens with one attached hydrogen (secondary N) is 2. The van der Waals surface area contributed by atoms with Gasteiger partial charge in [-0.15, -0.1) is 0 Å². The number of H-pyrrole nitrogens is 2. The van der Waals surface area contributed by atoms with Crippen LogP contribution in [-0.2, 0) is 11.3 Å². The molecule has 11 heteroatoms. The van der Waals surface area contributed by atoms with E-state index >= 15 is 0 Å². The van der Waals surface area contributed by atoms with E-state index in [2.05, 4.69) is 9.97 Å². The molecule has 2 heterocycles. The molecular weight excluding hydrogens is 396 g/mol. The van der Waals surface area contributed by atoms with Crippen molar-refractivity contribution in [3.8, 4) is 11.6 Å². The molecule has 0 amide bonds. The molecule has 1 unspecified atom stereocenters. The summed E-state index contributed by atoms with van der Waals surface area (Å²) < 4.78 is 7.25. The number of aromatic hydroxyl groups is 1. The Morgan fingerprint density at radius 1 is 1.20 bits per heavy atom. The van der Waals surface area contributed by atoms with E-state index in [4.69, 9.17) is 4.74 Å². The Bertz CT molecular complexity index is 1220. The fourth-order valence-electron chi connectivity index (χ4n) is 3.41. The average Bonchev–Trinajstić information content (AvgIpc) is 2.88. The van der Waals surface area contributed by atoms with Gasteiger partial charge < -0.3 is 20.2 Å². The Kier molecular flexibility index (Phi) is 5.37. The maximum Gasteiger partial charge on any atom is 0.346 e. The number of rotatable bonds is 6.